The number of aliphatic hydroxyl groups is 1. The highest BCUT2D eigenvalue weighted by molar-refractivity contribution is 5.19. The molecule has 1 aromatic rings. The number of hydrogen-bond acceptors (Lipinski definition) is 2. The highest BCUT2D eigenvalue weighted by Gasteiger charge is 2.28. The van der Waals surface area contributed by atoms with Crippen LogP contribution in [0.2, 0.25) is 0 Å². The number of alkyl halides is 1. The zero-order valence-electron chi connectivity index (χ0n) is 8.64. The van der Waals surface area contributed by atoms with Crippen molar-refractivity contribution >= 4 is 0 Å². The predicted octanol–water partition coefficient (Wildman–Crippen LogP) is 1.76. The Labute approximate surface area is 89.3 Å². The summed E-state index contributed by atoms with van der Waals surface area (Å²) in [5.74, 6) is 0. The molecule has 0 spiro atoms. The first-order valence-electron chi connectivity index (χ1n) is 5.35. The summed E-state index contributed by atoms with van der Waals surface area (Å²) in [6, 6.07) is 9.74. The minimum atomic E-state index is -0.734. The first-order valence-corrected chi connectivity index (χ1v) is 5.35. The summed E-state index contributed by atoms with van der Waals surface area (Å²) in [4.78, 5) is 2.01. The molecular weight excluding hydrogens is 193 g/mol. The van der Waals surface area contributed by atoms with Gasteiger partial charge in [-0.15, -0.1) is 0 Å². The molecule has 0 unspecified atom stereocenters. The lowest BCUT2D eigenvalue weighted by Gasteiger charge is -2.25. The molecule has 2 nitrogen and oxygen atoms in total. The maximum absolute atomic E-state index is 13.1. The predicted molar refractivity (Wildman–Crippen MR) is 57.4 cm³/mol. The van der Waals surface area contributed by atoms with Crippen LogP contribution >= 0.6 is 0 Å². The van der Waals surface area contributed by atoms with E-state index in [0.29, 0.717) is 13.0 Å². The Bertz CT molecular complexity index is 304. The molecule has 1 aliphatic heterocycles. The van der Waals surface area contributed by atoms with E-state index >= 15 is 0 Å². The SMILES string of the molecule is OC[C@H](c1ccccc1)N1CC[C@H](F)C1. The molecule has 0 bridgehead atoms. The standard InChI is InChI=1S/C12H16FNO/c13-11-6-7-14(8-11)12(9-15)10-4-2-1-3-5-10/h1-5,11-12,15H,6-9H2/t11-,12+/m0/s1. The summed E-state index contributed by atoms with van der Waals surface area (Å²) in [7, 11) is 0. The second-order valence-electron chi connectivity index (χ2n) is 3.99. The van der Waals surface area contributed by atoms with Gasteiger partial charge < -0.3 is 5.11 Å². The highest BCUT2D eigenvalue weighted by Crippen LogP contribution is 2.25. The summed E-state index contributed by atoms with van der Waals surface area (Å²) in [5.41, 5.74) is 1.06. The van der Waals surface area contributed by atoms with Gasteiger partial charge in [0.05, 0.1) is 12.6 Å². The molecule has 3 heteroatoms. The van der Waals surface area contributed by atoms with Gasteiger partial charge in [-0.25, -0.2) is 4.39 Å². The Balaban J connectivity index is 2.11. The average molecular weight is 209 g/mol. The highest BCUT2D eigenvalue weighted by atomic mass is 19.1. The first kappa shape index (κ1) is 10.6. The Hall–Kier alpha value is -0.930. The molecular formula is C12H16FNO. The molecule has 15 heavy (non-hydrogen) atoms. The van der Waals surface area contributed by atoms with E-state index in [-0.39, 0.29) is 12.6 Å². The number of halogens is 1. The number of nitrogens with zero attached hydrogens (tertiary/aromatic N) is 1. The molecule has 1 N–H and O–H groups in total. The molecule has 2 atom stereocenters. The van der Waals surface area contributed by atoms with Crippen LogP contribution in [-0.2, 0) is 0 Å². The lowest BCUT2D eigenvalue weighted by atomic mass is 10.1. The lowest BCUT2D eigenvalue weighted by Crippen LogP contribution is -2.29. The van der Waals surface area contributed by atoms with Crippen molar-refractivity contribution in [3.05, 3.63) is 35.9 Å². The molecule has 0 aromatic heterocycles. The van der Waals surface area contributed by atoms with E-state index in [4.69, 9.17) is 0 Å². The van der Waals surface area contributed by atoms with E-state index in [9.17, 15) is 9.50 Å². The van der Waals surface area contributed by atoms with Crippen LogP contribution in [0.15, 0.2) is 30.3 Å². The number of aliphatic hydroxyl groups excluding tert-OH is 1. The van der Waals surface area contributed by atoms with Gasteiger partial charge in [-0.1, -0.05) is 30.3 Å². The summed E-state index contributed by atoms with van der Waals surface area (Å²) < 4.78 is 13.1. The van der Waals surface area contributed by atoms with E-state index < -0.39 is 6.17 Å². The molecule has 0 aliphatic carbocycles. The van der Waals surface area contributed by atoms with Crippen LogP contribution in [0.3, 0.4) is 0 Å². The van der Waals surface area contributed by atoms with Crippen molar-refractivity contribution in [1.82, 2.24) is 4.90 Å². The minimum absolute atomic E-state index is 0.0491. The van der Waals surface area contributed by atoms with E-state index in [2.05, 4.69) is 0 Å². The first-order chi connectivity index (χ1) is 7.31. The van der Waals surface area contributed by atoms with Gasteiger partial charge in [-0.3, -0.25) is 4.90 Å². The van der Waals surface area contributed by atoms with Crippen molar-refractivity contribution < 1.29 is 9.50 Å². The van der Waals surface area contributed by atoms with Crippen LogP contribution in [0.1, 0.15) is 18.0 Å². The van der Waals surface area contributed by atoms with Gasteiger partial charge in [0.15, 0.2) is 0 Å². The second-order valence-corrected chi connectivity index (χ2v) is 3.99. The molecule has 1 saturated heterocycles. The minimum Gasteiger partial charge on any atom is -0.394 e. The quantitative estimate of drug-likeness (QED) is 0.820. The van der Waals surface area contributed by atoms with Crippen molar-refractivity contribution in [2.24, 2.45) is 0 Å². The second kappa shape index (κ2) is 4.73. The number of rotatable bonds is 3. The van der Waals surface area contributed by atoms with Gasteiger partial charge in [-0.05, 0) is 12.0 Å². The number of hydrogen-bond donors (Lipinski definition) is 1. The van der Waals surface area contributed by atoms with Crippen LogP contribution in [-0.4, -0.2) is 35.9 Å². The van der Waals surface area contributed by atoms with Crippen molar-refractivity contribution in [3.8, 4) is 0 Å². The molecule has 2 rings (SSSR count). The summed E-state index contributed by atoms with van der Waals surface area (Å²) in [6.45, 7) is 1.23. The van der Waals surface area contributed by atoms with Crippen molar-refractivity contribution in [1.29, 1.82) is 0 Å². The third-order valence-corrected chi connectivity index (χ3v) is 2.96. The smallest absolute Gasteiger partial charge is 0.114 e. The Morgan fingerprint density at radius 3 is 2.67 bits per heavy atom. The van der Waals surface area contributed by atoms with E-state index in [0.717, 1.165) is 12.1 Å². The Morgan fingerprint density at radius 2 is 2.13 bits per heavy atom. The van der Waals surface area contributed by atoms with Gasteiger partial charge in [-0.2, -0.15) is 0 Å². The number of benzene rings is 1. The largest absolute Gasteiger partial charge is 0.394 e. The monoisotopic (exact) mass is 209 g/mol. The fraction of sp³-hybridized carbons (Fsp3) is 0.500. The van der Waals surface area contributed by atoms with E-state index in [1.807, 2.05) is 35.2 Å². The zero-order chi connectivity index (χ0) is 10.7. The van der Waals surface area contributed by atoms with Gasteiger partial charge in [0.25, 0.3) is 0 Å². The normalized spacial score (nSPS) is 24.3. The van der Waals surface area contributed by atoms with Crippen molar-refractivity contribution in [2.45, 2.75) is 18.6 Å². The van der Waals surface area contributed by atoms with Crippen molar-refractivity contribution in [3.63, 3.8) is 0 Å². The van der Waals surface area contributed by atoms with Crippen LogP contribution < -0.4 is 0 Å². The Morgan fingerprint density at radius 1 is 1.40 bits per heavy atom. The van der Waals surface area contributed by atoms with Gasteiger partial charge in [0, 0.05) is 13.1 Å². The molecule has 82 valence electrons. The summed E-state index contributed by atoms with van der Waals surface area (Å²) in [6.07, 6.45) is -0.147. The van der Waals surface area contributed by atoms with E-state index in [1.54, 1.807) is 0 Å². The molecule has 1 heterocycles. The fourth-order valence-electron chi connectivity index (χ4n) is 2.13. The maximum Gasteiger partial charge on any atom is 0.114 e. The van der Waals surface area contributed by atoms with Crippen LogP contribution in [0.4, 0.5) is 4.39 Å². The third kappa shape index (κ3) is 2.36. The average Bonchev–Trinajstić information content (AvgIpc) is 2.68. The van der Waals surface area contributed by atoms with Gasteiger partial charge in [0.2, 0.25) is 0 Å². The van der Waals surface area contributed by atoms with E-state index in [1.165, 1.54) is 0 Å². The van der Waals surface area contributed by atoms with Gasteiger partial charge >= 0.3 is 0 Å². The van der Waals surface area contributed by atoms with Crippen LogP contribution in [0.25, 0.3) is 0 Å². The molecule has 0 amide bonds. The molecule has 1 aliphatic rings. The van der Waals surface area contributed by atoms with Gasteiger partial charge in [0.1, 0.15) is 6.17 Å². The van der Waals surface area contributed by atoms with Crippen molar-refractivity contribution in [2.75, 3.05) is 19.7 Å². The van der Waals surface area contributed by atoms with Crippen LogP contribution in [0.5, 0.6) is 0 Å². The lowest BCUT2D eigenvalue weighted by molar-refractivity contribution is 0.139. The maximum atomic E-state index is 13.1. The summed E-state index contributed by atoms with van der Waals surface area (Å²) >= 11 is 0. The van der Waals surface area contributed by atoms with Crippen LogP contribution in [0, 0.1) is 0 Å². The number of likely N-dealkylation sites (tertiary alicyclic amines) is 1. The third-order valence-electron chi connectivity index (χ3n) is 2.96. The molecule has 1 fully saturated rings. The Kier molecular flexibility index (Phi) is 3.34. The molecule has 1 aromatic carbocycles. The fourth-order valence-corrected chi connectivity index (χ4v) is 2.13. The molecule has 0 saturated carbocycles. The topological polar surface area (TPSA) is 23.5 Å². The summed E-state index contributed by atoms with van der Waals surface area (Å²) in [5, 5.41) is 9.36. The zero-order valence-corrected chi connectivity index (χ0v) is 8.64. The molecule has 0 radical (unpaired) electrons.